The lowest BCUT2D eigenvalue weighted by Gasteiger charge is -2.28. The molecule has 0 saturated heterocycles. The quantitative estimate of drug-likeness (QED) is 0.236. The number of ether oxygens (including phenoxy) is 2. The number of carbonyl (C=O) groups is 2. The van der Waals surface area contributed by atoms with Crippen molar-refractivity contribution in [2.75, 3.05) is 26.4 Å². The van der Waals surface area contributed by atoms with Gasteiger partial charge in [0.25, 0.3) is 0 Å². The maximum atomic E-state index is 13.5. The van der Waals surface area contributed by atoms with Crippen LogP contribution >= 0.6 is 7.60 Å². The number of aryl methyl sites for hydroxylation is 1. The molecule has 0 radical (unpaired) electrons. The van der Waals surface area contributed by atoms with Crippen LogP contribution in [0, 0.1) is 12.8 Å². The number of nitrogens with one attached hydrogen (secondary N) is 1. The van der Waals surface area contributed by atoms with Crippen molar-refractivity contribution in [1.82, 2.24) is 4.72 Å². The van der Waals surface area contributed by atoms with Gasteiger partial charge >= 0.3 is 19.5 Å². The fraction of sp³-hybridized carbons (Fsp3) is 0.600. The van der Waals surface area contributed by atoms with Crippen molar-refractivity contribution in [2.45, 2.75) is 51.7 Å². The highest BCUT2D eigenvalue weighted by atomic mass is 32.2. The van der Waals surface area contributed by atoms with Crippen LogP contribution < -0.4 is 4.72 Å². The molecular formula is C20H32NO9PS. The molecule has 1 aromatic rings. The molecule has 0 aliphatic carbocycles. The maximum absolute atomic E-state index is 13.5. The first-order valence-electron chi connectivity index (χ1n) is 10.4. The van der Waals surface area contributed by atoms with Crippen LogP contribution in [0.1, 0.15) is 39.7 Å². The van der Waals surface area contributed by atoms with E-state index in [0.29, 0.717) is 0 Å². The van der Waals surface area contributed by atoms with Crippen molar-refractivity contribution >= 4 is 29.6 Å². The van der Waals surface area contributed by atoms with Gasteiger partial charge in [-0.1, -0.05) is 17.7 Å². The van der Waals surface area contributed by atoms with Crippen LogP contribution in [0.15, 0.2) is 29.2 Å². The van der Waals surface area contributed by atoms with Gasteiger partial charge in [-0.2, -0.15) is 4.72 Å². The van der Waals surface area contributed by atoms with Gasteiger partial charge in [-0.15, -0.1) is 0 Å². The summed E-state index contributed by atoms with van der Waals surface area (Å²) in [4.78, 5) is 24.8. The van der Waals surface area contributed by atoms with Crippen LogP contribution in [0.4, 0.5) is 0 Å². The van der Waals surface area contributed by atoms with Gasteiger partial charge in [-0.3, -0.25) is 14.2 Å². The number of rotatable bonds is 14. The second kappa shape index (κ2) is 13.1. The molecule has 0 heterocycles. The molecule has 0 aliphatic rings. The van der Waals surface area contributed by atoms with Crippen LogP contribution in [0.25, 0.3) is 0 Å². The maximum Gasteiger partial charge on any atom is 0.348 e. The highest BCUT2D eigenvalue weighted by molar-refractivity contribution is 7.89. The third-order valence-corrected chi connectivity index (χ3v) is 8.23. The average molecular weight is 494 g/mol. The lowest BCUT2D eigenvalue weighted by atomic mass is 10.1. The van der Waals surface area contributed by atoms with Gasteiger partial charge < -0.3 is 18.5 Å². The Balaban J connectivity index is 3.43. The summed E-state index contributed by atoms with van der Waals surface area (Å²) in [5, 5.41) is 0. The first-order valence-corrected chi connectivity index (χ1v) is 13.4. The van der Waals surface area contributed by atoms with Crippen molar-refractivity contribution < 1.29 is 41.1 Å². The predicted octanol–water partition coefficient (Wildman–Crippen LogP) is 3.00. The molecule has 0 bridgehead atoms. The molecule has 1 aromatic carbocycles. The average Bonchev–Trinajstić information content (AvgIpc) is 2.71. The molecule has 0 aromatic heterocycles. The lowest BCUT2D eigenvalue weighted by Crippen LogP contribution is -2.41. The second-order valence-electron chi connectivity index (χ2n) is 6.62. The normalized spacial score (nSPS) is 13.1. The molecule has 0 amide bonds. The monoisotopic (exact) mass is 493 g/mol. The summed E-state index contributed by atoms with van der Waals surface area (Å²) in [6.45, 7) is 7.91. The van der Waals surface area contributed by atoms with Crippen molar-refractivity contribution in [1.29, 1.82) is 0 Å². The topological polar surface area (TPSA) is 134 Å². The SMILES string of the molecule is CCOC(=O)C(C[C@H](NS(=O)(=O)c1ccc(C)cc1)P(=O)(OCC)OCC)C(=O)OCC. The van der Waals surface area contributed by atoms with Gasteiger partial charge in [0, 0.05) is 0 Å². The van der Waals surface area contributed by atoms with Crippen LogP contribution in [-0.2, 0) is 42.7 Å². The molecule has 12 heteroatoms. The van der Waals surface area contributed by atoms with Gasteiger partial charge in [-0.25, -0.2) is 8.42 Å². The third kappa shape index (κ3) is 7.97. The van der Waals surface area contributed by atoms with Gasteiger partial charge in [-0.05, 0) is 53.2 Å². The van der Waals surface area contributed by atoms with Gasteiger partial charge in [0.2, 0.25) is 10.0 Å². The van der Waals surface area contributed by atoms with E-state index in [1.165, 1.54) is 12.1 Å². The highest BCUT2D eigenvalue weighted by Crippen LogP contribution is 2.54. The largest absolute Gasteiger partial charge is 0.465 e. The summed E-state index contributed by atoms with van der Waals surface area (Å²) in [6.07, 6.45) is -0.542. The number of hydrogen-bond donors (Lipinski definition) is 1. The summed E-state index contributed by atoms with van der Waals surface area (Å²) in [7, 11) is -8.34. The minimum atomic E-state index is -4.20. The standard InChI is InChI=1S/C20H32NO9PS/c1-6-27-19(22)17(20(23)28-7-2)14-18(31(24,29-8-3)30-9-4)21-32(25,26)16-12-10-15(5)11-13-16/h10-13,17-18,21H,6-9,14H2,1-5H3/t18-/m1/s1. The molecule has 10 nitrogen and oxygen atoms in total. The Labute approximate surface area is 189 Å². The number of hydrogen-bond acceptors (Lipinski definition) is 9. The van der Waals surface area contributed by atoms with E-state index >= 15 is 0 Å². The van der Waals surface area contributed by atoms with Crippen LogP contribution in [0.2, 0.25) is 0 Å². The number of carbonyl (C=O) groups excluding carboxylic acids is 2. The minimum absolute atomic E-state index is 0.0108. The Kier molecular flexibility index (Phi) is 11.5. The molecule has 1 N–H and O–H groups in total. The van der Waals surface area contributed by atoms with E-state index in [1.807, 2.05) is 0 Å². The van der Waals surface area contributed by atoms with Crippen molar-refractivity contribution in [3.8, 4) is 0 Å². The fourth-order valence-electron chi connectivity index (χ4n) is 2.78. The molecule has 0 unspecified atom stereocenters. The van der Waals surface area contributed by atoms with Crippen LogP contribution in [0.5, 0.6) is 0 Å². The Bertz CT molecular complexity index is 874. The van der Waals surface area contributed by atoms with Gasteiger partial charge in [0.15, 0.2) is 5.92 Å². The summed E-state index contributed by atoms with van der Waals surface area (Å²) in [6, 6.07) is 5.98. The minimum Gasteiger partial charge on any atom is -0.465 e. The van der Waals surface area contributed by atoms with E-state index in [-0.39, 0.29) is 31.3 Å². The first-order chi connectivity index (χ1) is 15.0. The lowest BCUT2D eigenvalue weighted by molar-refractivity contribution is -0.162. The molecule has 0 spiro atoms. The number of benzene rings is 1. The summed E-state index contributed by atoms with van der Waals surface area (Å²) in [5.41, 5.74) is 0.847. The molecule has 0 aliphatic heterocycles. The van der Waals surface area contributed by atoms with Crippen LogP contribution in [0.3, 0.4) is 0 Å². The van der Waals surface area contributed by atoms with E-state index in [1.54, 1.807) is 46.8 Å². The van der Waals surface area contributed by atoms with E-state index in [2.05, 4.69) is 4.72 Å². The van der Waals surface area contributed by atoms with Crippen molar-refractivity contribution in [3.05, 3.63) is 29.8 Å². The van der Waals surface area contributed by atoms with E-state index in [4.69, 9.17) is 18.5 Å². The van der Waals surface area contributed by atoms with E-state index in [0.717, 1.165) is 5.56 Å². The summed E-state index contributed by atoms with van der Waals surface area (Å²) < 4.78 is 62.3. The number of esters is 2. The van der Waals surface area contributed by atoms with Crippen LogP contribution in [-0.4, -0.2) is 52.6 Å². The molecular weight excluding hydrogens is 461 g/mol. The Hall–Kier alpha value is -1.78. The molecule has 0 fully saturated rings. The van der Waals surface area contributed by atoms with E-state index in [9.17, 15) is 22.6 Å². The molecule has 0 saturated carbocycles. The summed E-state index contributed by atoms with van der Waals surface area (Å²) in [5.74, 6) is -4.93. The van der Waals surface area contributed by atoms with Crippen molar-refractivity contribution in [3.63, 3.8) is 0 Å². The zero-order valence-corrected chi connectivity index (χ0v) is 20.7. The smallest absolute Gasteiger partial charge is 0.348 e. The molecule has 32 heavy (non-hydrogen) atoms. The second-order valence-corrected chi connectivity index (χ2v) is 10.6. The first kappa shape index (κ1) is 28.3. The molecule has 182 valence electrons. The van der Waals surface area contributed by atoms with E-state index < -0.39 is 47.7 Å². The zero-order chi connectivity index (χ0) is 24.4. The fourth-order valence-corrected chi connectivity index (χ4v) is 6.42. The van der Waals surface area contributed by atoms with Crippen molar-refractivity contribution in [2.24, 2.45) is 5.92 Å². The third-order valence-electron chi connectivity index (χ3n) is 4.22. The molecule has 1 rings (SSSR count). The number of sulfonamides is 1. The predicted molar refractivity (Wildman–Crippen MR) is 118 cm³/mol. The Morgan fingerprint density at radius 1 is 0.906 bits per heavy atom. The van der Waals surface area contributed by atoms with Gasteiger partial charge in [0.05, 0.1) is 31.3 Å². The molecule has 1 atom stereocenters. The Morgan fingerprint density at radius 3 is 1.78 bits per heavy atom. The summed E-state index contributed by atoms with van der Waals surface area (Å²) >= 11 is 0. The Morgan fingerprint density at radius 2 is 1.38 bits per heavy atom. The van der Waals surface area contributed by atoms with Gasteiger partial charge in [0.1, 0.15) is 5.78 Å². The zero-order valence-electron chi connectivity index (χ0n) is 19.0. The highest BCUT2D eigenvalue weighted by Gasteiger charge is 2.44.